The van der Waals surface area contributed by atoms with Gasteiger partial charge < -0.3 is 10.6 Å². The molecule has 17 heavy (non-hydrogen) atoms. The first-order valence-electron chi connectivity index (χ1n) is 6.85. The molecule has 1 unspecified atom stereocenters. The van der Waals surface area contributed by atoms with Crippen molar-refractivity contribution >= 4 is 5.91 Å². The average molecular weight is 241 g/mol. The lowest BCUT2D eigenvalue weighted by atomic mass is 9.96. The predicted octanol–water partition coefficient (Wildman–Crippen LogP) is 0.833. The smallest absolute Gasteiger partial charge is 0.237 e. The van der Waals surface area contributed by atoms with Gasteiger partial charge in [0, 0.05) is 6.54 Å². The topological polar surface area (TPSA) is 44.4 Å². The van der Waals surface area contributed by atoms with E-state index in [0.717, 1.165) is 38.5 Å². The second-order valence-corrected chi connectivity index (χ2v) is 5.00. The summed E-state index contributed by atoms with van der Waals surface area (Å²) < 4.78 is 0. The molecule has 0 bridgehead atoms. The highest BCUT2D eigenvalue weighted by atomic mass is 16.2. The van der Waals surface area contributed by atoms with Gasteiger partial charge in [-0.1, -0.05) is 6.92 Å². The molecule has 2 N–H and O–H groups in total. The van der Waals surface area contributed by atoms with Crippen LogP contribution in [0, 0.1) is 5.92 Å². The van der Waals surface area contributed by atoms with Crippen LogP contribution in [0.2, 0.25) is 0 Å². The fraction of sp³-hybridized carbons (Fsp3) is 0.923. The Morgan fingerprint density at radius 1 is 1.41 bits per heavy atom. The summed E-state index contributed by atoms with van der Waals surface area (Å²) in [6.45, 7) is 8.08. The third kappa shape index (κ3) is 4.64. The summed E-state index contributed by atoms with van der Waals surface area (Å²) in [4.78, 5) is 14.1. The zero-order valence-electron chi connectivity index (χ0n) is 11.5. The van der Waals surface area contributed by atoms with E-state index in [-0.39, 0.29) is 11.9 Å². The minimum Gasteiger partial charge on any atom is -0.355 e. The van der Waals surface area contributed by atoms with Gasteiger partial charge in [0.1, 0.15) is 0 Å². The normalized spacial score (nSPS) is 20.2. The maximum absolute atomic E-state index is 11.8. The number of likely N-dealkylation sites (tertiary alicyclic amines) is 1. The summed E-state index contributed by atoms with van der Waals surface area (Å²) in [5.41, 5.74) is 0. The summed E-state index contributed by atoms with van der Waals surface area (Å²) in [5, 5.41) is 6.21. The fourth-order valence-corrected chi connectivity index (χ4v) is 2.39. The summed E-state index contributed by atoms with van der Waals surface area (Å²) in [6.07, 6.45) is 3.40. The summed E-state index contributed by atoms with van der Waals surface area (Å²) >= 11 is 0. The van der Waals surface area contributed by atoms with E-state index in [1.807, 2.05) is 14.0 Å². The van der Waals surface area contributed by atoms with Crippen LogP contribution < -0.4 is 10.6 Å². The number of nitrogens with zero attached hydrogens (tertiary/aromatic N) is 1. The van der Waals surface area contributed by atoms with Crippen molar-refractivity contribution in [3.05, 3.63) is 0 Å². The van der Waals surface area contributed by atoms with Crippen LogP contribution in [0.25, 0.3) is 0 Å². The van der Waals surface area contributed by atoms with Crippen molar-refractivity contribution in [2.45, 2.75) is 39.2 Å². The lowest BCUT2D eigenvalue weighted by Gasteiger charge is -2.35. The van der Waals surface area contributed by atoms with Crippen molar-refractivity contribution in [3.8, 4) is 0 Å². The Balaban J connectivity index is 2.29. The highest BCUT2D eigenvalue weighted by Crippen LogP contribution is 2.18. The first-order chi connectivity index (χ1) is 8.19. The molecule has 0 aromatic carbocycles. The zero-order valence-corrected chi connectivity index (χ0v) is 11.5. The number of hydrogen-bond donors (Lipinski definition) is 2. The van der Waals surface area contributed by atoms with Crippen molar-refractivity contribution in [1.82, 2.24) is 15.5 Å². The SMILES string of the molecule is CCCNC(=O)C(C)N1CCC(CNC)CC1. The number of piperidine rings is 1. The van der Waals surface area contributed by atoms with Gasteiger partial charge >= 0.3 is 0 Å². The van der Waals surface area contributed by atoms with E-state index in [4.69, 9.17) is 0 Å². The van der Waals surface area contributed by atoms with Crippen molar-refractivity contribution in [1.29, 1.82) is 0 Å². The Morgan fingerprint density at radius 2 is 2.06 bits per heavy atom. The number of nitrogens with one attached hydrogen (secondary N) is 2. The largest absolute Gasteiger partial charge is 0.355 e. The second kappa shape index (κ2) is 7.67. The molecule has 100 valence electrons. The van der Waals surface area contributed by atoms with E-state index in [1.165, 1.54) is 12.8 Å². The maximum Gasteiger partial charge on any atom is 0.237 e. The van der Waals surface area contributed by atoms with E-state index < -0.39 is 0 Å². The lowest BCUT2D eigenvalue weighted by molar-refractivity contribution is -0.126. The van der Waals surface area contributed by atoms with E-state index >= 15 is 0 Å². The van der Waals surface area contributed by atoms with E-state index in [0.29, 0.717) is 0 Å². The van der Waals surface area contributed by atoms with Gasteiger partial charge in [-0.25, -0.2) is 0 Å². The Hall–Kier alpha value is -0.610. The Morgan fingerprint density at radius 3 is 2.59 bits per heavy atom. The van der Waals surface area contributed by atoms with Gasteiger partial charge in [-0.15, -0.1) is 0 Å². The molecule has 1 rings (SSSR count). The average Bonchev–Trinajstić information content (AvgIpc) is 2.36. The molecule has 0 saturated carbocycles. The zero-order chi connectivity index (χ0) is 12.7. The van der Waals surface area contributed by atoms with Crippen LogP contribution in [0.1, 0.15) is 33.1 Å². The molecule has 0 aromatic heterocycles. The Kier molecular flexibility index (Phi) is 6.52. The molecule has 4 heteroatoms. The van der Waals surface area contributed by atoms with Gasteiger partial charge in [0.05, 0.1) is 6.04 Å². The second-order valence-electron chi connectivity index (χ2n) is 5.00. The standard InChI is InChI=1S/C13H27N3O/c1-4-7-15-13(17)11(2)16-8-5-12(6-9-16)10-14-3/h11-12,14H,4-10H2,1-3H3,(H,15,17). The number of carbonyl (C=O) groups is 1. The quantitative estimate of drug-likeness (QED) is 0.724. The van der Waals surface area contributed by atoms with Crippen LogP contribution >= 0.6 is 0 Å². The minimum absolute atomic E-state index is 0.0251. The molecule has 4 nitrogen and oxygen atoms in total. The molecule has 1 heterocycles. The number of rotatable bonds is 6. The third-order valence-electron chi connectivity index (χ3n) is 3.62. The van der Waals surface area contributed by atoms with Crippen LogP contribution in [0.3, 0.4) is 0 Å². The lowest BCUT2D eigenvalue weighted by Crippen LogP contribution is -2.49. The molecule has 0 aromatic rings. The molecule has 1 atom stereocenters. The first-order valence-corrected chi connectivity index (χ1v) is 6.85. The number of carbonyl (C=O) groups excluding carboxylic acids is 1. The van der Waals surface area contributed by atoms with Crippen molar-refractivity contribution < 1.29 is 4.79 Å². The highest BCUT2D eigenvalue weighted by molar-refractivity contribution is 5.81. The molecule has 1 aliphatic heterocycles. The van der Waals surface area contributed by atoms with Crippen LogP contribution in [-0.2, 0) is 4.79 Å². The predicted molar refractivity (Wildman–Crippen MR) is 71.0 cm³/mol. The van der Waals surface area contributed by atoms with Crippen molar-refractivity contribution in [2.75, 3.05) is 33.2 Å². The van der Waals surface area contributed by atoms with Crippen molar-refractivity contribution in [2.24, 2.45) is 5.92 Å². The van der Waals surface area contributed by atoms with Crippen LogP contribution in [0.4, 0.5) is 0 Å². The molecule has 1 fully saturated rings. The summed E-state index contributed by atoms with van der Waals surface area (Å²) in [5.74, 6) is 0.959. The van der Waals surface area contributed by atoms with Crippen molar-refractivity contribution in [3.63, 3.8) is 0 Å². The Labute approximate surface area is 105 Å². The van der Waals surface area contributed by atoms with Gasteiger partial charge in [-0.05, 0) is 58.8 Å². The molecule has 1 amide bonds. The third-order valence-corrected chi connectivity index (χ3v) is 3.62. The number of amides is 1. The fourth-order valence-electron chi connectivity index (χ4n) is 2.39. The van der Waals surface area contributed by atoms with Gasteiger partial charge in [-0.2, -0.15) is 0 Å². The molecule has 0 spiro atoms. The monoisotopic (exact) mass is 241 g/mol. The van der Waals surface area contributed by atoms with Crippen LogP contribution in [-0.4, -0.2) is 50.1 Å². The summed E-state index contributed by atoms with van der Waals surface area (Å²) in [6, 6.07) is 0.0251. The van der Waals surface area contributed by atoms with E-state index in [2.05, 4.69) is 22.5 Å². The van der Waals surface area contributed by atoms with E-state index in [9.17, 15) is 4.79 Å². The molecule has 0 aliphatic carbocycles. The highest BCUT2D eigenvalue weighted by Gasteiger charge is 2.25. The Bertz CT molecular complexity index is 225. The summed E-state index contributed by atoms with van der Waals surface area (Å²) in [7, 11) is 2.01. The number of hydrogen-bond acceptors (Lipinski definition) is 3. The van der Waals surface area contributed by atoms with Gasteiger partial charge in [0.15, 0.2) is 0 Å². The van der Waals surface area contributed by atoms with Gasteiger partial charge in [0.2, 0.25) is 5.91 Å². The molecule has 1 saturated heterocycles. The first kappa shape index (κ1) is 14.5. The van der Waals surface area contributed by atoms with E-state index in [1.54, 1.807) is 0 Å². The van der Waals surface area contributed by atoms with Gasteiger partial charge in [0.25, 0.3) is 0 Å². The van der Waals surface area contributed by atoms with Crippen LogP contribution in [0.5, 0.6) is 0 Å². The van der Waals surface area contributed by atoms with Crippen LogP contribution in [0.15, 0.2) is 0 Å². The van der Waals surface area contributed by atoms with Gasteiger partial charge in [-0.3, -0.25) is 9.69 Å². The minimum atomic E-state index is 0.0251. The molecular weight excluding hydrogens is 214 g/mol. The molecule has 0 radical (unpaired) electrons. The maximum atomic E-state index is 11.8. The molecule has 1 aliphatic rings. The molecular formula is C13H27N3O.